The van der Waals surface area contributed by atoms with Crippen molar-refractivity contribution in [2.75, 3.05) is 7.11 Å². The van der Waals surface area contributed by atoms with Gasteiger partial charge in [-0.3, -0.25) is 9.89 Å². The number of hydrogen-bond donors (Lipinski definition) is 2. The van der Waals surface area contributed by atoms with Crippen molar-refractivity contribution >= 4 is 5.91 Å². The van der Waals surface area contributed by atoms with Crippen molar-refractivity contribution in [2.24, 2.45) is 5.92 Å². The predicted molar refractivity (Wildman–Crippen MR) is 90.7 cm³/mol. The summed E-state index contributed by atoms with van der Waals surface area (Å²) in [4.78, 5) is 12.4. The average molecular weight is 315 g/mol. The van der Waals surface area contributed by atoms with Gasteiger partial charge < -0.3 is 10.1 Å². The molecule has 1 aromatic heterocycles. The Labute approximate surface area is 137 Å². The number of rotatable bonds is 6. The van der Waals surface area contributed by atoms with Gasteiger partial charge in [0, 0.05) is 11.3 Å². The maximum atomic E-state index is 12.4. The molecule has 1 aromatic carbocycles. The van der Waals surface area contributed by atoms with Crippen LogP contribution in [0.5, 0.6) is 5.75 Å². The van der Waals surface area contributed by atoms with Gasteiger partial charge in [0.05, 0.1) is 13.2 Å². The van der Waals surface area contributed by atoms with Crippen LogP contribution in [0.2, 0.25) is 0 Å². The molecular weight excluding hydrogens is 290 g/mol. The summed E-state index contributed by atoms with van der Waals surface area (Å²) in [5.41, 5.74) is 3.48. The van der Waals surface area contributed by atoms with Crippen LogP contribution in [0.3, 0.4) is 0 Å². The highest BCUT2D eigenvalue weighted by molar-refractivity contribution is 5.92. The van der Waals surface area contributed by atoms with E-state index in [9.17, 15) is 4.79 Å². The van der Waals surface area contributed by atoms with Crippen LogP contribution in [0, 0.1) is 12.8 Å². The van der Waals surface area contributed by atoms with Crippen LogP contribution in [-0.2, 0) is 6.42 Å². The molecule has 0 bridgehead atoms. The maximum absolute atomic E-state index is 12.4. The Hall–Kier alpha value is -2.30. The van der Waals surface area contributed by atoms with Crippen molar-refractivity contribution in [3.8, 4) is 5.75 Å². The van der Waals surface area contributed by atoms with E-state index in [1.54, 1.807) is 7.11 Å². The van der Waals surface area contributed by atoms with Crippen LogP contribution in [0.1, 0.15) is 54.1 Å². The molecule has 1 amide bonds. The van der Waals surface area contributed by atoms with E-state index < -0.39 is 0 Å². The molecule has 2 aromatic rings. The number of aromatic nitrogens is 2. The summed E-state index contributed by atoms with van der Waals surface area (Å²) < 4.78 is 5.38. The number of benzene rings is 1. The van der Waals surface area contributed by atoms with Crippen molar-refractivity contribution < 1.29 is 9.53 Å². The van der Waals surface area contributed by atoms with Crippen molar-refractivity contribution in [1.29, 1.82) is 0 Å². The molecule has 1 heterocycles. The highest BCUT2D eigenvalue weighted by Gasteiger charge is 2.17. The van der Waals surface area contributed by atoms with Crippen LogP contribution in [0.15, 0.2) is 24.3 Å². The molecule has 124 valence electrons. The SMILES string of the molecule is COc1ccc(C)cc1C(C)NC(=O)c1cc(CC(C)C)[nH]n1. The monoisotopic (exact) mass is 315 g/mol. The molecular formula is C18H25N3O2. The first-order valence-corrected chi connectivity index (χ1v) is 7.90. The molecule has 1 atom stereocenters. The molecule has 2 rings (SSSR count). The van der Waals surface area contributed by atoms with Crippen LogP contribution >= 0.6 is 0 Å². The third-order valence-corrected chi connectivity index (χ3v) is 3.69. The topological polar surface area (TPSA) is 67.0 Å². The van der Waals surface area contributed by atoms with Crippen molar-refractivity contribution in [1.82, 2.24) is 15.5 Å². The van der Waals surface area contributed by atoms with Gasteiger partial charge >= 0.3 is 0 Å². The molecule has 5 nitrogen and oxygen atoms in total. The minimum atomic E-state index is -0.188. The molecule has 0 saturated heterocycles. The second-order valence-corrected chi connectivity index (χ2v) is 6.32. The van der Waals surface area contributed by atoms with Crippen molar-refractivity contribution in [3.05, 3.63) is 46.8 Å². The Morgan fingerprint density at radius 1 is 1.30 bits per heavy atom. The first-order chi connectivity index (χ1) is 10.9. The quantitative estimate of drug-likeness (QED) is 0.858. The highest BCUT2D eigenvalue weighted by atomic mass is 16.5. The van der Waals surface area contributed by atoms with Gasteiger partial charge in [-0.1, -0.05) is 31.5 Å². The zero-order valence-electron chi connectivity index (χ0n) is 14.4. The number of carbonyl (C=O) groups excluding carboxylic acids is 1. The van der Waals surface area contributed by atoms with E-state index >= 15 is 0 Å². The van der Waals surface area contributed by atoms with Gasteiger partial charge in [-0.2, -0.15) is 5.10 Å². The van der Waals surface area contributed by atoms with E-state index in [0.717, 1.165) is 29.0 Å². The molecule has 0 aliphatic carbocycles. The molecule has 0 aliphatic heterocycles. The van der Waals surface area contributed by atoms with E-state index in [0.29, 0.717) is 11.6 Å². The lowest BCUT2D eigenvalue weighted by Crippen LogP contribution is -2.27. The number of aromatic amines is 1. The summed E-state index contributed by atoms with van der Waals surface area (Å²) in [5.74, 6) is 1.10. The molecule has 2 N–H and O–H groups in total. The highest BCUT2D eigenvalue weighted by Crippen LogP contribution is 2.26. The van der Waals surface area contributed by atoms with Crippen LogP contribution in [-0.4, -0.2) is 23.2 Å². The Balaban J connectivity index is 2.10. The lowest BCUT2D eigenvalue weighted by Gasteiger charge is -2.17. The number of amides is 1. The van der Waals surface area contributed by atoms with Gasteiger partial charge in [0.1, 0.15) is 11.4 Å². The van der Waals surface area contributed by atoms with Crippen LogP contribution in [0.4, 0.5) is 0 Å². The number of carbonyl (C=O) groups is 1. The lowest BCUT2D eigenvalue weighted by molar-refractivity contribution is 0.0934. The number of nitrogens with one attached hydrogen (secondary N) is 2. The minimum absolute atomic E-state index is 0.164. The second kappa shape index (κ2) is 7.31. The largest absolute Gasteiger partial charge is 0.496 e. The van der Waals surface area contributed by atoms with Gasteiger partial charge in [0.25, 0.3) is 5.91 Å². The number of H-pyrrole nitrogens is 1. The Morgan fingerprint density at radius 3 is 2.70 bits per heavy atom. The molecule has 0 spiro atoms. The molecule has 23 heavy (non-hydrogen) atoms. The molecule has 0 aliphatic rings. The number of methoxy groups -OCH3 is 1. The number of ether oxygens (including phenoxy) is 1. The molecule has 0 saturated carbocycles. The summed E-state index contributed by atoms with van der Waals surface area (Å²) in [6, 6.07) is 7.59. The summed E-state index contributed by atoms with van der Waals surface area (Å²) >= 11 is 0. The third kappa shape index (κ3) is 4.34. The Morgan fingerprint density at radius 2 is 2.04 bits per heavy atom. The smallest absolute Gasteiger partial charge is 0.272 e. The first kappa shape index (κ1) is 17.1. The van der Waals surface area contributed by atoms with Gasteiger partial charge in [0.2, 0.25) is 0 Å². The van der Waals surface area contributed by atoms with Gasteiger partial charge in [0.15, 0.2) is 0 Å². The zero-order valence-corrected chi connectivity index (χ0v) is 14.4. The van der Waals surface area contributed by atoms with E-state index in [1.807, 2.05) is 38.1 Å². The maximum Gasteiger partial charge on any atom is 0.272 e. The molecule has 5 heteroatoms. The second-order valence-electron chi connectivity index (χ2n) is 6.32. The standard InChI is InChI=1S/C18H25N3O2/c1-11(2)8-14-10-16(21-20-14)18(22)19-13(4)15-9-12(3)6-7-17(15)23-5/h6-7,9-11,13H,8H2,1-5H3,(H,19,22)(H,20,21). The minimum Gasteiger partial charge on any atom is -0.496 e. The average Bonchev–Trinajstić information content (AvgIpc) is 2.94. The van der Waals surface area contributed by atoms with Crippen molar-refractivity contribution in [3.63, 3.8) is 0 Å². The normalized spacial score (nSPS) is 12.3. The van der Waals surface area contributed by atoms with E-state index in [4.69, 9.17) is 4.74 Å². The Kier molecular flexibility index (Phi) is 5.42. The number of hydrogen-bond acceptors (Lipinski definition) is 3. The van der Waals surface area contributed by atoms with Gasteiger partial charge in [-0.05, 0) is 38.3 Å². The lowest BCUT2D eigenvalue weighted by atomic mass is 10.0. The van der Waals surface area contributed by atoms with E-state index in [-0.39, 0.29) is 11.9 Å². The summed E-state index contributed by atoms with van der Waals surface area (Å²) in [6.45, 7) is 8.22. The zero-order chi connectivity index (χ0) is 17.0. The number of nitrogens with zero attached hydrogens (tertiary/aromatic N) is 1. The van der Waals surface area contributed by atoms with Crippen molar-refractivity contribution in [2.45, 2.75) is 40.2 Å². The van der Waals surface area contributed by atoms with Gasteiger partial charge in [-0.25, -0.2) is 0 Å². The fourth-order valence-corrected chi connectivity index (χ4v) is 2.56. The van der Waals surface area contributed by atoms with Crippen LogP contribution < -0.4 is 10.1 Å². The van der Waals surface area contributed by atoms with Gasteiger partial charge in [-0.15, -0.1) is 0 Å². The molecule has 1 unspecified atom stereocenters. The first-order valence-electron chi connectivity index (χ1n) is 7.90. The Bertz CT molecular complexity index is 677. The van der Waals surface area contributed by atoms with E-state index in [1.165, 1.54) is 0 Å². The summed E-state index contributed by atoms with van der Waals surface area (Å²) in [5, 5.41) is 10.0. The summed E-state index contributed by atoms with van der Waals surface area (Å²) in [7, 11) is 1.63. The molecule has 0 fully saturated rings. The number of aryl methyl sites for hydroxylation is 1. The third-order valence-electron chi connectivity index (χ3n) is 3.69. The fraction of sp³-hybridized carbons (Fsp3) is 0.444. The predicted octanol–water partition coefficient (Wildman–Crippen LogP) is 3.42. The van der Waals surface area contributed by atoms with Crippen LogP contribution in [0.25, 0.3) is 0 Å². The van der Waals surface area contributed by atoms with E-state index in [2.05, 4.69) is 29.4 Å². The molecule has 0 radical (unpaired) electrons. The summed E-state index contributed by atoms with van der Waals surface area (Å²) in [6.07, 6.45) is 0.877. The fourth-order valence-electron chi connectivity index (χ4n) is 2.56.